The van der Waals surface area contributed by atoms with E-state index >= 15 is 0 Å². The molecule has 1 aliphatic carbocycles. The van der Waals surface area contributed by atoms with Crippen molar-refractivity contribution in [3.05, 3.63) is 29.0 Å². The molecule has 1 fully saturated rings. The van der Waals surface area contributed by atoms with Gasteiger partial charge in [-0.3, -0.25) is 0 Å². The number of aromatic nitrogens is 1. The van der Waals surface area contributed by atoms with Gasteiger partial charge >= 0.3 is 0 Å². The van der Waals surface area contributed by atoms with Gasteiger partial charge in [-0.2, -0.15) is 0 Å². The molecule has 0 aromatic carbocycles. The van der Waals surface area contributed by atoms with Crippen LogP contribution in [0, 0.1) is 5.92 Å². The van der Waals surface area contributed by atoms with Crippen LogP contribution in [0.3, 0.4) is 0 Å². The van der Waals surface area contributed by atoms with Crippen molar-refractivity contribution < 1.29 is 13.5 Å². The van der Waals surface area contributed by atoms with Crippen LogP contribution < -0.4 is 4.72 Å². The van der Waals surface area contributed by atoms with Crippen LogP contribution in [0.1, 0.15) is 31.2 Å². The first-order valence-electron chi connectivity index (χ1n) is 6.70. The summed E-state index contributed by atoms with van der Waals surface area (Å²) in [6, 6.07) is 3.22. The molecule has 0 radical (unpaired) electrons. The summed E-state index contributed by atoms with van der Waals surface area (Å²) in [7, 11) is -3.37. The molecule has 0 spiro atoms. The van der Waals surface area contributed by atoms with E-state index in [-0.39, 0.29) is 18.4 Å². The Bertz CT molecular complexity index is 525. The zero-order valence-corrected chi connectivity index (χ0v) is 12.7. The lowest BCUT2D eigenvalue weighted by Crippen LogP contribution is -2.38. The summed E-state index contributed by atoms with van der Waals surface area (Å²) in [5, 5.41) is 9.42. The third-order valence-corrected chi connectivity index (χ3v) is 5.23. The molecule has 0 amide bonds. The van der Waals surface area contributed by atoms with Crippen molar-refractivity contribution in [2.75, 3.05) is 6.61 Å². The van der Waals surface area contributed by atoms with E-state index in [9.17, 15) is 8.42 Å². The van der Waals surface area contributed by atoms with E-state index in [0.717, 1.165) is 25.7 Å². The highest BCUT2D eigenvalue weighted by atomic mass is 35.5. The first kappa shape index (κ1) is 15.7. The van der Waals surface area contributed by atoms with Crippen LogP contribution in [0.5, 0.6) is 0 Å². The molecule has 0 unspecified atom stereocenters. The van der Waals surface area contributed by atoms with E-state index in [1.54, 1.807) is 12.1 Å². The summed E-state index contributed by atoms with van der Waals surface area (Å²) < 4.78 is 26.9. The van der Waals surface area contributed by atoms with E-state index in [2.05, 4.69) is 9.71 Å². The van der Waals surface area contributed by atoms with Gasteiger partial charge in [-0.05, 0) is 43.2 Å². The van der Waals surface area contributed by atoms with Crippen molar-refractivity contribution in [1.82, 2.24) is 9.71 Å². The fraction of sp³-hybridized carbons (Fsp3) is 0.615. The highest BCUT2D eigenvalue weighted by Gasteiger charge is 2.24. The fourth-order valence-corrected chi connectivity index (χ4v) is 4.02. The molecule has 1 saturated carbocycles. The summed E-state index contributed by atoms with van der Waals surface area (Å²) in [5.74, 6) is 0.230. The van der Waals surface area contributed by atoms with Crippen LogP contribution in [0.15, 0.2) is 18.3 Å². The average molecular weight is 319 g/mol. The number of halogens is 1. The summed E-state index contributed by atoms with van der Waals surface area (Å²) in [6.45, 7) is 0.190. The molecule has 2 rings (SSSR count). The summed E-state index contributed by atoms with van der Waals surface area (Å²) in [6.07, 6.45) is 4.77. The molecule has 1 heterocycles. The lowest BCUT2D eigenvalue weighted by molar-refractivity contribution is 0.180. The molecule has 5 nitrogen and oxygen atoms in total. The third kappa shape index (κ3) is 4.70. The van der Waals surface area contributed by atoms with Crippen molar-refractivity contribution in [3.8, 4) is 0 Å². The average Bonchev–Trinajstić information content (AvgIpc) is 2.41. The maximum absolute atomic E-state index is 12.1. The Hall–Kier alpha value is -0.690. The number of sulfonamides is 1. The van der Waals surface area contributed by atoms with Gasteiger partial charge in [0, 0.05) is 18.8 Å². The number of pyridine rings is 1. The van der Waals surface area contributed by atoms with E-state index in [0.29, 0.717) is 16.6 Å². The molecular formula is C13H19ClN2O3S. The number of nitrogens with zero attached hydrogens (tertiary/aromatic N) is 1. The zero-order valence-electron chi connectivity index (χ0n) is 11.1. The topological polar surface area (TPSA) is 79.3 Å². The zero-order chi connectivity index (χ0) is 14.6. The normalized spacial score (nSPS) is 23.7. The Kier molecular flexibility index (Phi) is 5.37. The Morgan fingerprint density at radius 2 is 2.00 bits per heavy atom. The van der Waals surface area contributed by atoms with E-state index in [1.165, 1.54) is 6.20 Å². The molecule has 20 heavy (non-hydrogen) atoms. The Morgan fingerprint density at radius 3 is 2.55 bits per heavy atom. The molecule has 1 aliphatic rings. The number of aliphatic hydroxyl groups excluding tert-OH is 1. The molecule has 7 heteroatoms. The molecule has 0 saturated heterocycles. The number of rotatable bonds is 5. The van der Waals surface area contributed by atoms with E-state index in [1.807, 2.05) is 0 Å². The minimum absolute atomic E-state index is 0.0249. The van der Waals surface area contributed by atoms with Crippen molar-refractivity contribution >= 4 is 21.6 Å². The molecule has 2 N–H and O–H groups in total. The maximum Gasteiger partial charge on any atom is 0.216 e. The second-order valence-electron chi connectivity index (χ2n) is 5.27. The Labute approximate surface area is 124 Å². The minimum Gasteiger partial charge on any atom is -0.396 e. The lowest BCUT2D eigenvalue weighted by Gasteiger charge is -2.27. The lowest BCUT2D eigenvalue weighted by atomic mass is 9.87. The molecular weight excluding hydrogens is 300 g/mol. The first-order valence-corrected chi connectivity index (χ1v) is 8.73. The van der Waals surface area contributed by atoms with Crippen LogP contribution >= 0.6 is 11.6 Å². The highest BCUT2D eigenvalue weighted by Crippen LogP contribution is 2.24. The second-order valence-corrected chi connectivity index (χ2v) is 7.41. The van der Waals surface area contributed by atoms with Crippen LogP contribution in [0.2, 0.25) is 5.15 Å². The van der Waals surface area contributed by atoms with Crippen molar-refractivity contribution in [3.63, 3.8) is 0 Å². The molecule has 112 valence electrons. The van der Waals surface area contributed by atoms with Gasteiger partial charge in [-0.25, -0.2) is 18.1 Å². The third-order valence-electron chi connectivity index (χ3n) is 3.60. The predicted molar refractivity (Wildman–Crippen MR) is 77.8 cm³/mol. The fourth-order valence-electron chi connectivity index (χ4n) is 2.47. The van der Waals surface area contributed by atoms with E-state index in [4.69, 9.17) is 16.7 Å². The molecule has 1 aromatic heterocycles. The molecule has 0 atom stereocenters. The number of hydrogen-bond acceptors (Lipinski definition) is 4. The molecule has 1 aromatic rings. The molecule has 0 bridgehead atoms. The molecule has 0 aliphatic heterocycles. The highest BCUT2D eigenvalue weighted by molar-refractivity contribution is 7.88. The van der Waals surface area contributed by atoms with Crippen LogP contribution in [-0.2, 0) is 15.8 Å². The standard InChI is InChI=1S/C13H19ClN2O3S/c14-13-6-3-11(7-15-13)9-20(18,19)16-12-4-1-10(8-17)2-5-12/h3,6-7,10,12,16-17H,1-2,4-5,8-9H2. The Balaban J connectivity index is 1.89. The van der Waals surface area contributed by atoms with Gasteiger partial charge in [0.05, 0.1) is 5.75 Å². The van der Waals surface area contributed by atoms with Crippen molar-refractivity contribution in [1.29, 1.82) is 0 Å². The largest absolute Gasteiger partial charge is 0.396 e. The minimum atomic E-state index is -3.37. The van der Waals surface area contributed by atoms with Crippen LogP contribution in [0.4, 0.5) is 0 Å². The number of aliphatic hydroxyl groups is 1. The van der Waals surface area contributed by atoms with Gasteiger partial charge in [0.25, 0.3) is 0 Å². The van der Waals surface area contributed by atoms with Crippen molar-refractivity contribution in [2.24, 2.45) is 5.92 Å². The van der Waals surface area contributed by atoms with Gasteiger partial charge < -0.3 is 5.11 Å². The maximum atomic E-state index is 12.1. The predicted octanol–water partition coefficient (Wildman–Crippen LogP) is 1.71. The van der Waals surface area contributed by atoms with Crippen LogP contribution in [0.25, 0.3) is 0 Å². The summed E-state index contributed by atoms with van der Waals surface area (Å²) >= 11 is 5.67. The van der Waals surface area contributed by atoms with Gasteiger partial charge in [0.1, 0.15) is 5.15 Å². The monoisotopic (exact) mass is 318 g/mol. The Morgan fingerprint density at radius 1 is 1.30 bits per heavy atom. The van der Waals surface area contributed by atoms with Gasteiger partial charge in [-0.15, -0.1) is 0 Å². The quantitative estimate of drug-likeness (QED) is 0.810. The summed E-state index contributed by atoms with van der Waals surface area (Å²) in [4.78, 5) is 3.88. The number of hydrogen-bond donors (Lipinski definition) is 2. The summed E-state index contributed by atoms with van der Waals surface area (Å²) in [5.41, 5.74) is 0.617. The van der Waals surface area contributed by atoms with Crippen molar-refractivity contribution in [2.45, 2.75) is 37.5 Å². The second kappa shape index (κ2) is 6.85. The smallest absolute Gasteiger partial charge is 0.216 e. The van der Waals surface area contributed by atoms with Gasteiger partial charge in [0.15, 0.2) is 0 Å². The van der Waals surface area contributed by atoms with Gasteiger partial charge in [0.2, 0.25) is 10.0 Å². The number of nitrogens with one attached hydrogen (secondary N) is 1. The first-order chi connectivity index (χ1) is 9.48. The van der Waals surface area contributed by atoms with Crippen LogP contribution in [-0.4, -0.2) is 31.2 Å². The SMILES string of the molecule is O=S(=O)(Cc1ccc(Cl)nc1)NC1CCC(CO)CC1. The van der Waals surface area contributed by atoms with E-state index < -0.39 is 10.0 Å². The van der Waals surface area contributed by atoms with Gasteiger partial charge in [-0.1, -0.05) is 17.7 Å².